The zero-order chi connectivity index (χ0) is 19.5. The number of benzene rings is 3. The molecule has 0 saturated heterocycles. The van der Waals surface area contributed by atoms with Crippen LogP contribution in [0.5, 0.6) is 0 Å². The number of nitrogens with one attached hydrogen (secondary N) is 2. The van der Waals surface area contributed by atoms with Crippen LogP contribution in [-0.2, 0) is 0 Å². The Balaban J connectivity index is 1.56. The molecule has 0 radical (unpaired) electrons. The summed E-state index contributed by atoms with van der Waals surface area (Å²) in [4.78, 5) is 17.2. The summed E-state index contributed by atoms with van der Waals surface area (Å²) in [7, 11) is 0. The highest BCUT2D eigenvalue weighted by Gasteiger charge is 2.14. The third-order valence-corrected chi connectivity index (χ3v) is 6.26. The maximum atomic E-state index is 12.5. The molecule has 0 saturated carbocycles. The van der Waals surface area contributed by atoms with Gasteiger partial charge in [-0.1, -0.05) is 36.4 Å². The van der Waals surface area contributed by atoms with E-state index in [0.717, 1.165) is 30.0 Å². The van der Waals surface area contributed by atoms with Crippen molar-refractivity contribution in [2.24, 2.45) is 0 Å². The van der Waals surface area contributed by atoms with E-state index in [2.05, 4.69) is 39.3 Å². The fourth-order valence-electron chi connectivity index (χ4n) is 2.74. The largest absolute Gasteiger partial charge is 0.332 e. The Hall–Kier alpha value is -2.36. The Kier molecular flexibility index (Phi) is 5.65. The van der Waals surface area contributed by atoms with E-state index in [1.807, 2.05) is 60.7 Å². The maximum absolute atomic E-state index is 12.5. The average Bonchev–Trinajstić information content (AvgIpc) is 3.12. The van der Waals surface area contributed by atoms with Crippen LogP contribution in [0.15, 0.2) is 72.8 Å². The Morgan fingerprint density at radius 3 is 2.50 bits per heavy atom. The van der Waals surface area contributed by atoms with Crippen LogP contribution in [-0.4, -0.2) is 16.0 Å². The van der Waals surface area contributed by atoms with Crippen molar-refractivity contribution in [1.82, 2.24) is 10.3 Å². The molecule has 4 rings (SSSR count). The van der Waals surface area contributed by atoms with E-state index in [-0.39, 0.29) is 11.0 Å². The lowest BCUT2D eigenvalue weighted by Crippen LogP contribution is -2.34. The number of carbonyl (C=O) groups is 1. The van der Waals surface area contributed by atoms with Gasteiger partial charge in [0.05, 0.1) is 21.5 Å². The molecule has 4 nitrogen and oxygen atoms in total. The first-order valence-corrected chi connectivity index (χ1v) is 10.7. The molecular weight excluding hydrogens is 501 g/mol. The molecule has 1 amide bonds. The number of fused-ring (bicyclic) bond motifs is 1. The van der Waals surface area contributed by atoms with Crippen molar-refractivity contribution in [2.45, 2.75) is 0 Å². The molecule has 3 aromatic carbocycles. The van der Waals surface area contributed by atoms with Crippen molar-refractivity contribution in [1.29, 1.82) is 0 Å². The van der Waals surface area contributed by atoms with E-state index in [1.165, 1.54) is 0 Å². The van der Waals surface area contributed by atoms with Crippen molar-refractivity contribution in [3.8, 4) is 10.6 Å². The number of anilines is 1. The van der Waals surface area contributed by atoms with Gasteiger partial charge in [0.15, 0.2) is 5.11 Å². The van der Waals surface area contributed by atoms with Crippen molar-refractivity contribution in [3.63, 3.8) is 0 Å². The third-order valence-electron chi connectivity index (χ3n) is 4.05. The molecule has 0 atom stereocenters. The molecule has 1 aromatic heterocycles. The van der Waals surface area contributed by atoms with Gasteiger partial charge in [0, 0.05) is 9.13 Å². The number of hydrogen-bond donors (Lipinski definition) is 2. The molecule has 0 aliphatic carbocycles. The fourth-order valence-corrected chi connectivity index (χ4v) is 4.58. The van der Waals surface area contributed by atoms with Gasteiger partial charge in [-0.05, 0) is 71.2 Å². The van der Waals surface area contributed by atoms with Crippen molar-refractivity contribution in [3.05, 3.63) is 81.9 Å². The summed E-state index contributed by atoms with van der Waals surface area (Å²) < 4.78 is 2.00. The quantitative estimate of drug-likeness (QED) is 0.272. The molecule has 0 unspecified atom stereocenters. The SMILES string of the molecule is O=C(NC(=S)Nc1ccccc1-c1nc2ccccc2s1)c1ccccc1I. The van der Waals surface area contributed by atoms with Crippen LogP contribution in [0.25, 0.3) is 20.8 Å². The van der Waals surface area contributed by atoms with Crippen molar-refractivity contribution >= 4 is 73.1 Å². The zero-order valence-corrected chi connectivity index (χ0v) is 18.3. The van der Waals surface area contributed by atoms with Crippen LogP contribution in [0.1, 0.15) is 10.4 Å². The summed E-state index contributed by atoms with van der Waals surface area (Å²) in [6.07, 6.45) is 0. The number of thiocarbonyl (C=S) groups is 1. The number of thiazole rings is 1. The number of aromatic nitrogens is 1. The molecule has 0 fully saturated rings. The van der Waals surface area contributed by atoms with E-state index >= 15 is 0 Å². The normalized spacial score (nSPS) is 10.6. The monoisotopic (exact) mass is 515 g/mol. The second-order valence-corrected chi connectivity index (χ2v) is 8.52. The fraction of sp³-hybridized carbons (Fsp3) is 0. The van der Waals surface area contributed by atoms with Gasteiger partial charge < -0.3 is 5.32 Å². The lowest BCUT2D eigenvalue weighted by atomic mass is 10.2. The van der Waals surface area contributed by atoms with E-state index in [1.54, 1.807) is 17.4 Å². The van der Waals surface area contributed by atoms with Crippen LogP contribution < -0.4 is 10.6 Å². The van der Waals surface area contributed by atoms with Crippen LogP contribution in [0.2, 0.25) is 0 Å². The second-order valence-electron chi connectivity index (χ2n) is 5.92. The number of halogens is 1. The minimum Gasteiger partial charge on any atom is -0.332 e. The third kappa shape index (κ3) is 4.06. The van der Waals surface area contributed by atoms with Gasteiger partial charge in [0.1, 0.15) is 5.01 Å². The standard InChI is InChI=1S/C21H14IN3OS2/c22-15-9-3-1-7-13(15)19(26)25-21(27)24-16-10-4-2-8-14(16)20-23-17-11-5-6-12-18(17)28-20/h1-12H,(H2,24,25,26,27). The smallest absolute Gasteiger partial charge is 0.258 e. The zero-order valence-electron chi connectivity index (χ0n) is 14.5. The Morgan fingerprint density at radius 1 is 0.964 bits per heavy atom. The van der Waals surface area contributed by atoms with E-state index in [4.69, 9.17) is 17.2 Å². The summed E-state index contributed by atoms with van der Waals surface area (Å²) >= 11 is 9.12. The molecule has 1 heterocycles. The Labute approximate surface area is 185 Å². The molecule has 0 aliphatic heterocycles. The molecule has 4 aromatic rings. The molecule has 0 spiro atoms. The first-order chi connectivity index (χ1) is 13.6. The number of hydrogen-bond acceptors (Lipinski definition) is 4. The lowest BCUT2D eigenvalue weighted by Gasteiger charge is -2.13. The lowest BCUT2D eigenvalue weighted by molar-refractivity contribution is 0.0977. The summed E-state index contributed by atoms with van der Waals surface area (Å²) in [5.41, 5.74) is 3.29. The first-order valence-electron chi connectivity index (χ1n) is 8.43. The Bertz CT molecular complexity index is 1160. The van der Waals surface area contributed by atoms with Gasteiger partial charge in [-0.2, -0.15) is 0 Å². The van der Waals surface area contributed by atoms with E-state index < -0.39 is 0 Å². The highest BCUT2D eigenvalue weighted by atomic mass is 127. The molecule has 7 heteroatoms. The number of para-hydroxylation sites is 2. The number of amides is 1. The topological polar surface area (TPSA) is 54.0 Å². The van der Waals surface area contributed by atoms with Crippen LogP contribution in [0.4, 0.5) is 5.69 Å². The maximum Gasteiger partial charge on any atom is 0.258 e. The van der Waals surface area contributed by atoms with Crippen LogP contribution in [0, 0.1) is 3.57 Å². The predicted octanol–water partition coefficient (Wildman–Crippen LogP) is 5.69. The van der Waals surface area contributed by atoms with Gasteiger partial charge >= 0.3 is 0 Å². The van der Waals surface area contributed by atoms with Gasteiger partial charge in [-0.15, -0.1) is 11.3 Å². The molecule has 28 heavy (non-hydrogen) atoms. The highest BCUT2D eigenvalue weighted by molar-refractivity contribution is 14.1. The molecule has 138 valence electrons. The minimum atomic E-state index is -0.236. The molecule has 0 bridgehead atoms. The molecule has 0 aliphatic rings. The van der Waals surface area contributed by atoms with E-state index in [0.29, 0.717) is 5.56 Å². The van der Waals surface area contributed by atoms with Crippen LogP contribution in [0.3, 0.4) is 0 Å². The second kappa shape index (κ2) is 8.34. The van der Waals surface area contributed by atoms with Gasteiger partial charge in [0.25, 0.3) is 5.91 Å². The average molecular weight is 515 g/mol. The molecular formula is C21H14IN3OS2. The predicted molar refractivity (Wildman–Crippen MR) is 128 cm³/mol. The van der Waals surface area contributed by atoms with Crippen LogP contribution >= 0.6 is 46.1 Å². The summed E-state index contributed by atoms with van der Waals surface area (Å²) in [5.74, 6) is -0.236. The minimum absolute atomic E-state index is 0.236. The van der Waals surface area contributed by atoms with Gasteiger partial charge in [0.2, 0.25) is 0 Å². The number of nitrogens with zero attached hydrogens (tertiary/aromatic N) is 1. The van der Waals surface area contributed by atoms with E-state index in [9.17, 15) is 4.79 Å². The van der Waals surface area contributed by atoms with Crippen molar-refractivity contribution in [2.75, 3.05) is 5.32 Å². The highest BCUT2D eigenvalue weighted by Crippen LogP contribution is 2.34. The summed E-state index contributed by atoms with van der Waals surface area (Å²) in [5, 5.41) is 7.04. The van der Waals surface area contributed by atoms with Gasteiger partial charge in [-0.3, -0.25) is 10.1 Å². The van der Waals surface area contributed by atoms with Crippen molar-refractivity contribution < 1.29 is 4.79 Å². The summed E-state index contributed by atoms with van der Waals surface area (Å²) in [6.45, 7) is 0. The molecule has 2 N–H and O–H groups in total. The van der Waals surface area contributed by atoms with Gasteiger partial charge in [-0.25, -0.2) is 4.98 Å². The number of rotatable bonds is 3. The summed E-state index contributed by atoms with van der Waals surface area (Å²) in [6, 6.07) is 23.2. The first kappa shape index (κ1) is 19.0. The number of carbonyl (C=O) groups excluding carboxylic acids is 1. The Morgan fingerprint density at radius 2 is 1.68 bits per heavy atom.